The van der Waals surface area contributed by atoms with E-state index in [9.17, 15) is 13.9 Å². The maximum Gasteiger partial charge on any atom is 0.229 e. The van der Waals surface area contributed by atoms with Gasteiger partial charge >= 0.3 is 0 Å². The summed E-state index contributed by atoms with van der Waals surface area (Å²) in [4.78, 5) is 4.01. The molecule has 1 unspecified atom stereocenters. The zero-order valence-corrected chi connectivity index (χ0v) is 10.4. The number of benzene rings is 1. The van der Waals surface area contributed by atoms with Crippen molar-refractivity contribution in [2.75, 3.05) is 0 Å². The number of hydrogen-bond acceptors (Lipinski definition) is 4. The van der Waals surface area contributed by atoms with Crippen molar-refractivity contribution in [2.45, 2.75) is 32.3 Å². The summed E-state index contributed by atoms with van der Waals surface area (Å²) in [7, 11) is 0. The largest absolute Gasteiger partial charge is 0.393 e. The minimum Gasteiger partial charge on any atom is -0.393 e. The van der Waals surface area contributed by atoms with Crippen molar-refractivity contribution in [3.05, 3.63) is 35.7 Å². The van der Waals surface area contributed by atoms with Crippen LogP contribution in [0.15, 0.2) is 22.7 Å². The van der Waals surface area contributed by atoms with Gasteiger partial charge in [-0.15, -0.1) is 0 Å². The van der Waals surface area contributed by atoms with Crippen molar-refractivity contribution in [2.24, 2.45) is 0 Å². The van der Waals surface area contributed by atoms with Gasteiger partial charge < -0.3 is 9.63 Å². The van der Waals surface area contributed by atoms with E-state index in [1.165, 1.54) is 0 Å². The first kappa shape index (κ1) is 13.6. The molecular weight excluding hydrogens is 254 g/mol. The maximum absolute atomic E-state index is 13.1. The third-order valence-corrected chi connectivity index (χ3v) is 2.62. The van der Waals surface area contributed by atoms with Crippen LogP contribution in [0.5, 0.6) is 0 Å². The zero-order chi connectivity index (χ0) is 13.8. The number of aliphatic hydroxyl groups is 1. The van der Waals surface area contributed by atoms with E-state index < -0.39 is 17.7 Å². The molecule has 0 amide bonds. The van der Waals surface area contributed by atoms with Crippen LogP contribution in [0.2, 0.25) is 0 Å². The summed E-state index contributed by atoms with van der Waals surface area (Å²) >= 11 is 0. The summed E-state index contributed by atoms with van der Waals surface area (Å²) in [5, 5.41) is 13.3. The molecule has 0 aliphatic carbocycles. The van der Waals surface area contributed by atoms with Gasteiger partial charge in [0, 0.05) is 11.6 Å². The molecule has 19 heavy (non-hydrogen) atoms. The van der Waals surface area contributed by atoms with Gasteiger partial charge in [0.25, 0.3) is 0 Å². The molecule has 0 saturated heterocycles. The van der Waals surface area contributed by atoms with Crippen molar-refractivity contribution in [1.29, 1.82) is 0 Å². The van der Waals surface area contributed by atoms with Crippen molar-refractivity contribution < 1.29 is 18.4 Å². The minimum atomic E-state index is -0.702. The number of hydrogen-bond donors (Lipinski definition) is 1. The number of aromatic nitrogens is 2. The van der Waals surface area contributed by atoms with Crippen LogP contribution in [0.4, 0.5) is 8.78 Å². The third kappa shape index (κ3) is 3.57. The molecule has 0 bridgehead atoms. The molecule has 0 saturated carbocycles. The van der Waals surface area contributed by atoms with Crippen LogP contribution < -0.4 is 0 Å². The SMILES string of the molecule is CCCC(O)Cc1nc(-c2cc(F)cc(F)c2)no1. The van der Waals surface area contributed by atoms with E-state index in [2.05, 4.69) is 10.1 Å². The Kier molecular flexibility index (Phi) is 4.21. The number of nitrogens with zero attached hydrogens (tertiary/aromatic N) is 2. The lowest BCUT2D eigenvalue weighted by molar-refractivity contribution is 0.152. The first-order valence-corrected chi connectivity index (χ1v) is 6.05. The van der Waals surface area contributed by atoms with Crippen molar-refractivity contribution >= 4 is 0 Å². The molecule has 0 spiro atoms. The van der Waals surface area contributed by atoms with Gasteiger partial charge in [-0.25, -0.2) is 8.78 Å². The van der Waals surface area contributed by atoms with Crippen molar-refractivity contribution in [1.82, 2.24) is 10.1 Å². The summed E-state index contributed by atoms with van der Waals surface area (Å²) in [6, 6.07) is 3.02. The van der Waals surface area contributed by atoms with E-state index in [4.69, 9.17) is 4.52 Å². The molecule has 2 aromatic rings. The highest BCUT2D eigenvalue weighted by atomic mass is 19.1. The van der Waals surface area contributed by atoms with Gasteiger partial charge in [-0.3, -0.25) is 0 Å². The molecule has 0 aliphatic heterocycles. The van der Waals surface area contributed by atoms with Gasteiger partial charge in [0.2, 0.25) is 11.7 Å². The molecule has 4 nitrogen and oxygen atoms in total. The second-order valence-electron chi connectivity index (χ2n) is 4.32. The van der Waals surface area contributed by atoms with Crippen molar-refractivity contribution in [3.8, 4) is 11.4 Å². The second kappa shape index (κ2) is 5.88. The van der Waals surface area contributed by atoms with Crippen molar-refractivity contribution in [3.63, 3.8) is 0 Å². The first-order valence-electron chi connectivity index (χ1n) is 6.05. The molecule has 1 heterocycles. The normalized spacial score (nSPS) is 12.6. The van der Waals surface area contributed by atoms with E-state index in [0.717, 1.165) is 24.6 Å². The molecule has 102 valence electrons. The van der Waals surface area contributed by atoms with E-state index in [1.54, 1.807) is 0 Å². The van der Waals surface area contributed by atoms with Gasteiger partial charge in [0.15, 0.2) is 0 Å². The summed E-state index contributed by atoms with van der Waals surface area (Å²) in [5.41, 5.74) is 0.206. The van der Waals surface area contributed by atoms with Gasteiger partial charge in [-0.1, -0.05) is 18.5 Å². The fourth-order valence-corrected chi connectivity index (χ4v) is 1.77. The summed E-state index contributed by atoms with van der Waals surface area (Å²) in [5.74, 6) is -1.04. The molecule has 0 radical (unpaired) electrons. The highest BCUT2D eigenvalue weighted by Crippen LogP contribution is 2.19. The Morgan fingerprint density at radius 3 is 2.58 bits per heavy atom. The van der Waals surface area contributed by atoms with Crippen LogP contribution in [0.3, 0.4) is 0 Å². The topological polar surface area (TPSA) is 59.2 Å². The van der Waals surface area contributed by atoms with Crippen LogP contribution in [0, 0.1) is 11.6 Å². The van der Waals surface area contributed by atoms with Gasteiger partial charge in [-0.2, -0.15) is 4.98 Å². The Balaban J connectivity index is 2.16. The lowest BCUT2D eigenvalue weighted by Crippen LogP contribution is -2.09. The number of aliphatic hydroxyl groups excluding tert-OH is 1. The minimum absolute atomic E-state index is 0.108. The van der Waals surface area contributed by atoms with E-state index >= 15 is 0 Å². The molecule has 1 N–H and O–H groups in total. The van der Waals surface area contributed by atoms with Gasteiger partial charge in [-0.05, 0) is 18.6 Å². The Bertz CT molecular complexity index is 537. The van der Waals surface area contributed by atoms with E-state index in [0.29, 0.717) is 6.42 Å². The standard InChI is InChI=1S/C13H14F2N2O2/c1-2-3-11(18)7-12-16-13(17-19-12)8-4-9(14)6-10(15)5-8/h4-6,11,18H,2-3,7H2,1H3. The van der Waals surface area contributed by atoms with Crippen LogP contribution in [0.1, 0.15) is 25.7 Å². The van der Waals surface area contributed by atoms with Crippen LogP contribution in [0.25, 0.3) is 11.4 Å². The number of halogens is 2. The molecule has 1 aromatic heterocycles. The molecule has 1 aromatic carbocycles. The molecule has 2 rings (SSSR count). The second-order valence-corrected chi connectivity index (χ2v) is 4.32. The Morgan fingerprint density at radius 1 is 1.26 bits per heavy atom. The molecule has 0 fully saturated rings. The highest BCUT2D eigenvalue weighted by Gasteiger charge is 2.14. The smallest absolute Gasteiger partial charge is 0.229 e. The zero-order valence-electron chi connectivity index (χ0n) is 10.4. The number of rotatable bonds is 5. The van der Waals surface area contributed by atoms with Gasteiger partial charge in [0.1, 0.15) is 11.6 Å². The van der Waals surface area contributed by atoms with Crippen LogP contribution in [-0.2, 0) is 6.42 Å². The quantitative estimate of drug-likeness (QED) is 0.905. The fourth-order valence-electron chi connectivity index (χ4n) is 1.77. The lowest BCUT2D eigenvalue weighted by atomic mass is 10.1. The average Bonchev–Trinajstić information content (AvgIpc) is 2.76. The predicted molar refractivity (Wildman–Crippen MR) is 64.3 cm³/mol. The molecular formula is C13H14F2N2O2. The van der Waals surface area contributed by atoms with E-state index in [-0.39, 0.29) is 23.7 Å². The van der Waals surface area contributed by atoms with Crippen LogP contribution >= 0.6 is 0 Å². The average molecular weight is 268 g/mol. The Hall–Kier alpha value is -1.82. The third-order valence-electron chi connectivity index (χ3n) is 2.62. The molecule has 6 heteroatoms. The Morgan fingerprint density at radius 2 is 1.95 bits per heavy atom. The lowest BCUT2D eigenvalue weighted by Gasteiger charge is -2.03. The maximum atomic E-state index is 13.1. The fraction of sp³-hybridized carbons (Fsp3) is 0.385. The van der Waals surface area contributed by atoms with Crippen LogP contribution in [-0.4, -0.2) is 21.4 Å². The summed E-state index contributed by atoms with van der Waals surface area (Å²) < 4.78 is 31.1. The first-order chi connectivity index (χ1) is 9.08. The summed E-state index contributed by atoms with van der Waals surface area (Å²) in [6.45, 7) is 1.96. The van der Waals surface area contributed by atoms with Gasteiger partial charge in [0.05, 0.1) is 12.5 Å². The predicted octanol–water partition coefficient (Wildman–Crippen LogP) is 2.72. The molecule has 0 aliphatic rings. The highest BCUT2D eigenvalue weighted by molar-refractivity contribution is 5.54. The summed E-state index contributed by atoms with van der Waals surface area (Å²) in [6.07, 6.45) is 1.16. The molecule has 1 atom stereocenters. The Labute approximate surface area is 109 Å². The van der Waals surface area contributed by atoms with E-state index in [1.807, 2.05) is 6.92 Å². The monoisotopic (exact) mass is 268 g/mol.